The molecular weight excluding hydrogens is 307 g/mol. The molecule has 0 aliphatic heterocycles. The quantitative estimate of drug-likeness (QED) is 0.807. The van der Waals surface area contributed by atoms with Gasteiger partial charge in [0.25, 0.3) is 5.91 Å². The van der Waals surface area contributed by atoms with Gasteiger partial charge in [0.15, 0.2) is 5.82 Å². The van der Waals surface area contributed by atoms with E-state index in [1.165, 1.54) is 16.8 Å². The number of halogens is 2. The molecule has 1 aromatic heterocycles. The first kappa shape index (κ1) is 14.2. The first-order chi connectivity index (χ1) is 10.5. The minimum Gasteiger partial charge on any atom is -0.363 e. The number of nitrogens with two attached hydrogens (primary N) is 1. The molecule has 0 bridgehead atoms. The van der Waals surface area contributed by atoms with Gasteiger partial charge in [0.2, 0.25) is 5.82 Å². The van der Waals surface area contributed by atoms with Gasteiger partial charge >= 0.3 is 0 Å². The Labute approximate surface area is 130 Å². The van der Waals surface area contributed by atoms with E-state index in [1.54, 1.807) is 36.4 Å². The molecule has 1 amide bonds. The maximum absolute atomic E-state index is 13.1. The summed E-state index contributed by atoms with van der Waals surface area (Å²) in [6.45, 7) is 0. The Bertz CT molecular complexity index is 765. The van der Waals surface area contributed by atoms with Crippen LogP contribution in [0.25, 0.3) is 17.1 Å². The Morgan fingerprint density at radius 1 is 1.09 bits per heavy atom. The number of hydrogen-bond donors (Lipinski definition) is 1. The molecule has 110 valence electrons. The molecule has 0 unspecified atom stereocenters. The van der Waals surface area contributed by atoms with Gasteiger partial charge in [-0.1, -0.05) is 11.6 Å². The molecule has 7 heteroatoms. The first-order valence-electron chi connectivity index (χ1n) is 6.33. The topological polar surface area (TPSA) is 73.8 Å². The zero-order chi connectivity index (χ0) is 15.7. The summed E-state index contributed by atoms with van der Waals surface area (Å²) in [6, 6.07) is 12.6. The number of benzene rings is 2. The second kappa shape index (κ2) is 5.57. The summed E-state index contributed by atoms with van der Waals surface area (Å²) in [5.41, 5.74) is 6.51. The molecule has 1 heterocycles. The van der Waals surface area contributed by atoms with Crippen LogP contribution in [0, 0.1) is 5.82 Å². The summed E-state index contributed by atoms with van der Waals surface area (Å²) in [7, 11) is 0. The second-order valence-corrected chi connectivity index (χ2v) is 4.95. The molecule has 0 spiro atoms. The number of nitrogens with zero attached hydrogens (tertiary/aromatic N) is 3. The number of carbonyl (C=O) groups excluding carboxylic acids is 1. The predicted molar refractivity (Wildman–Crippen MR) is 80.3 cm³/mol. The van der Waals surface area contributed by atoms with E-state index in [4.69, 9.17) is 17.3 Å². The Kier molecular flexibility index (Phi) is 3.60. The van der Waals surface area contributed by atoms with Crippen LogP contribution < -0.4 is 5.73 Å². The highest BCUT2D eigenvalue weighted by atomic mass is 35.5. The van der Waals surface area contributed by atoms with E-state index in [2.05, 4.69) is 10.1 Å². The van der Waals surface area contributed by atoms with Crippen LogP contribution in [-0.4, -0.2) is 20.7 Å². The maximum Gasteiger partial charge on any atom is 0.288 e. The molecule has 3 aromatic rings. The number of hydrogen-bond acceptors (Lipinski definition) is 3. The zero-order valence-corrected chi connectivity index (χ0v) is 12.0. The molecule has 0 atom stereocenters. The van der Waals surface area contributed by atoms with E-state index in [0.717, 1.165) is 0 Å². The molecular formula is C15H10ClFN4O. The molecule has 3 rings (SSSR count). The van der Waals surface area contributed by atoms with Crippen LogP contribution in [0.5, 0.6) is 0 Å². The lowest BCUT2D eigenvalue weighted by Gasteiger charge is -2.06. The number of primary amides is 1. The lowest BCUT2D eigenvalue weighted by molar-refractivity contribution is 0.0990. The van der Waals surface area contributed by atoms with Crippen molar-refractivity contribution >= 4 is 17.5 Å². The first-order valence-corrected chi connectivity index (χ1v) is 6.71. The number of carbonyl (C=O) groups is 1. The van der Waals surface area contributed by atoms with E-state index in [-0.39, 0.29) is 11.6 Å². The van der Waals surface area contributed by atoms with Crippen molar-refractivity contribution in [2.75, 3.05) is 0 Å². The number of amides is 1. The summed E-state index contributed by atoms with van der Waals surface area (Å²) in [5.74, 6) is -0.835. The summed E-state index contributed by atoms with van der Waals surface area (Å²) in [5, 5.41) is 4.67. The molecule has 2 aromatic carbocycles. The van der Waals surface area contributed by atoms with Gasteiger partial charge in [0.05, 0.1) is 5.69 Å². The molecule has 0 aliphatic carbocycles. The van der Waals surface area contributed by atoms with E-state index < -0.39 is 5.91 Å². The van der Waals surface area contributed by atoms with Crippen LogP contribution in [0.2, 0.25) is 5.02 Å². The van der Waals surface area contributed by atoms with Gasteiger partial charge in [0, 0.05) is 10.6 Å². The van der Waals surface area contributed by atoms with Crippen LogP contribution in [-0.2, 0) is 0 Å². The molecule has 0 saturated heterocycles. The summed E-state index contributed by atoms with van der Waals surface area (Å²) in [6.07, 6.45) is 0. The monoisotopic (exact) mass is 316 g/mol. The predicted octanol–water partition coefficient (Wildman–Crippen LogP) is 2.83. The largest absolute Gasteiger partial charge is 0.363 e. The molecule has 22 heavy (non-hydrogen) atoms. The third-order valence-corrected chi connectivity index (χ3v) is 3.25. The normalized spacial score (nSPS) is 10.6. The summed E-state index contributed by atoms with van der Waals surface area (Å²) in [4.78, 5) is 15.5. The van der Waals surface area contributed by atoms with Gasteiger partial charge in [-0.2, -0.15) is 0 Å². The third kappa shape index (κ3) is 2.68. The fourth-order valence-corrected chi connectivity index (χ4v) is 2.09. The van der Waals surface area contributed by atoms with Gasteiger partial charge in [0.1, 0.15) is 5.82 Å². The minimum atomic E-state index is -0.740. The Morgan fingerprint density at radius 3 is 2.32 bits per heavy atom. The molecule has 0 fully saturated rings. The third-order valence-electron chi connectivity index (χ3n) is 3.00. The van der Waals surface area contributed by atoms with Crippen LogP contribution in [0.15, 0.2) is 48.5 Å². The van der Waals surface area contributed by atoms with Crippen LogP contribution in [0.4, 0.5) is 4.39 Å². The Hall–Kier alpha value is -2.73. The standard InChI is InChI=1S/C15H10ClFN4O/c16-10-3-7-12(8-4-10)21-15(19-14(20-21)13(18)22)9-1-5-11(17)6-2-9/h1-8H,(H2,18,22). The number of aromatic nitrogens is 3. The second-order valence-electron chi connectivity index (χ2n) is 4.52. The van der Waals surface area contributed by atoms with Gasteiger partial charge in [-0.3, -0.25) is 4.79 Å². The van der Waals surface area contributed by atoms with Crippen LogP contribution >= 0.6 is 11.6 Å². The van der Waals surface area contributed by atoms with Crippen LogP contribution in [0.1, 0.15) is 10.6 Å². The SMILES string of the molecule is NC(=O)c1nc(-c2ccc(F)cc2)n(-c2ccc(Cl)cc2)n1. The zero-order valence-electron chi connectivity index (χ0n) is 11.2. The van der Waals surface area contributed by atoms with Crippen molar-refractivity contribution in [2.45, 2.75) is 0 Å². The van der Waals surface area contributed by atoms with Crippen molar-refractivity contribution in [3.8, 4) is 17.1 Å². The highest BCUT2D eigenvalue weighted by molar-refractivity contribution is 6.30. The van der Waals surface area contributed by atoms with E-state index >= 15 is 0 Å². The fraction of sp³-hybridized carbons (Fsp3) is 0. The molecule has 0 aliphatic rings. The Balaban J connectivity index is 2.17. The summed E-state index contributed by atoms with van der Waals surface area (Å²) < 4.78 is 14.5. The molecule has 5 nitrogen and oxygen atoms in total. The molecule has 0 saturated carbocycles. The van der Waals surface area contributed by atoms with Crippen molar-refractivity contribution in [2.24, 2.45) is 5.73 Å². The van der Waals surface area contributed by atoms with E-state index in [0.29, 0.717) is 22.1 Å². The van der Waals surface area contributed by atoms with Crippen LogP contribution in [0.3, 0.4) is 0 Å². The van der Waals surface area contributed by atoms with Gasteiger partial charge in [-0.25, -0.2) is 14.1 Å². The minimum absolute atomic E-state index is 0.116. The highest BCUT2D eigenvalue weighted by Gasteiger charge is 2.16. The van der Waals surface area contributed by atoms with Gasteiger partial charge < -0.3 is 5.73 Å². The number of rotatable bonds is 3. The maximum atomic E-state index is 13.1. The molecule has 2 N–H and O–H groups in total. The van der Waals surface area contributed by atoms with Crippen molar-refractivity contribution in [3.05, 3.63) is 65.2 Å². The Morgan fingerprint density at radius 2 is 1.73 bits per heavy atom. The summed E-state index contributed by atoms with van der Waals surface area (Å²) >= 11 is 5.87. The fourth-order valence-electron chi connectivity index (χ4n) is 1.96. The lowest BCUT2D eigenvalue weighted by Crippen LogP contribution is -2.13. The highest BCUT2D eigenvalue weighted by Crippen LogP contribution is 2.22. The van der Waals surface area contributed by atoms with Crippen molar-refractivity contribution in [1.29, 1.82) is 0 Å². The van der Waals surface area contributed by atoms with Crippen molar-refractivity contribution < 1.29 is 9.18 Å². The lowest BCUT2D eigenvalue weighted by atomic mass is 10.2. The average Bonchev–Trinajstić information content (AvgIpc) is 2.94. The van der Waals surface area contributed by atoms with Crippen molar-refractivity contribution in [1.82, 2.24) is 14.8 Å². The van der Waals surface area contributed by atoms with E-state index in [9.17, 15) is 9.18 Å². The van der Waals surface area contributed by atoms with E-state index in [1.807, 2.05) is 0 Å². The van der Waals surface area contributed by atoms with Gasteiger partial charge in [-0.15, -0.1) is 5.10 Å². The van der Waals surface area contributed by atoms with Gasteiger partial charge in [-0.05, 0) is 48.5 Å². The molecule has 0 radical (unpaired) electrons. The average molecular weight is 317 g/mol. The smallest absolute Gasteiger partial charge is 0.288 e. The van der Waals surface area contributed by atoms with Crippen molar-refractivity contribution in [3.63, 3.8) is 0 Å².